The van der Waals surface area contributed by atoms with E-state index in [2.05, 4.69) is 26.0 Å². The molecule has 1 rings (SSSR count). The summed E-state index contributed by atoms with van der Waals surface area (Å²) in [6, 6.07) is 9.05. The van der Waals surface area contributed by atoms with Crippen molar-refractivity contribution < 1.29 is 33.4 Å². The number of hydrogen-bond acceptors (Lipinski definition) is 7. The summed E-state index contributed by atoms with van der Waals surface area (Å²) in [7, 11) is 1.20. The van der Waals surface area contributed by atoms with Gasteiger partial charge in [0.05, 0.1) is 7.11 Å². The average molecular weight is 507 g/mol. The van der Waals surface area contributed by atoms with Crippen LogP contribution in [0.15, 0.2) is 30.3 Å². The Labute approximate surface area is 212 Å². The van der Waals surface area contributed by atoms with Gasteiger partial charge in [-0.25, -0.2) is 9.59 Å². The second-order valence-corrected chi connectivity index (χ2v) is 10.5. The minimum atomic E-state index is -1.46. The highest BCUT2D eigenvalue weighted by Gasteiger charge is 2.42. The Hall–Kier alpha value is -3.63. The first kappa shape index (κ1) is 30.4. The zero-order chi connectivity index (χ0) is 27.9. The van der Waals surface area contributed by atoms with E-state index in [4.69, 9.17) is 4.74 Å². The molecule has 4 N–H and O–H groups in total. The van der Waals surface area contributed by atoms with Crippen LogP contribution in [-0.2, 0) is 35.3 Å². The van der Waals surface area contributed by atoms with Crippen molar-refractivity contribution in [3.63, 3.8) is 0 Å². The summed E-state index contributed by atoms with van der Waals surface area (Å²) in [5, 5.41) is 10.2. The molecule has 0 radical (unpaired) electrons. The van der Waals surface area contributed by atoms with Crippen LogP contribution in [0.1, 0.15) is 61.0 Å². The van der Waals surface area contributed by atoms with E-state index in [1.807, 2.05) is 18.2 Å². The minimum absolute atomic E-state index is 0.0300. The first-order chi connectivity index (χ1) is 16.3. The lowest BCUT2D eigenvalue weighted by molar-refractivity contribution is -0.150. The number of ether oxygens (including phenoxy) is 2. The van der Waals surface area contributed by atoms with Gasteiger partial charge in [-0.15, -0.1) is 0 Å². The van der Waals surface area contributed by atoms with Gasteiger partial charge >= 0.3 is 12.1 Å². The van der Waals surface area contributed by atoms with E-state index < -0.39 is 51.9 Å². The molecule has 36 heavy (non-hydrogen) atoms. The molecule has 0 saturated heterocycles. The Morgan fingerprint density at radius 3 is 1.44 bits per heavy atom. The van der Waals surface area contributed by atoms with Gasteiger partial charge in [0.15, 0.2) is 0 Å². The molecular formula is C25H38N4O7. The second kappa shape index (κ2) is 11.4. The highest BCUT2D eigenvalue weighted by molar-refractivity contribution is 5.99. The average Bonchev–Trinajstić information content (AvgIpc) is 2.76. The number of rotatable bonds is 10. The molecule has 0 spiro atoms. The normalized spacial score (nSPS) is 12.1. The molecule has 0 aromatic heterocycles. The van der Waals surface area contributed by atoms with Crippen molar-refractivity contribution in [2.24, 2.45) is 0 Å². The maximum Gasteiger partial charge on any atom is 0.408 e. The van der Waals surface area contributed by atoms with Gasteiger partial charge in [-0.2, -0.15) is 0 Å². The molecule has 200 valence electrons. The lowest BCUT2D eigenvalue weighted by Crippen LogP contribution is -2.67. The molecule has 11 nitrogen and oxygen atoms in total. The summed E-state index contributed by atoms with van der Waals surface area (Å²) in [6.07, 6.45) is -0.799. The molecule has 11 heteroatoms. The van der Waals surface area contributed by atoms with Gasteiger partial charge in [-0.1, -0.05) is 30.3 Å². The second-order valence-electron chi connectivity index (χ2n) is 10.5. The fourth-order valence-electron chi connectivity index (χ4n) is 2.81. The van der Waals surface area contributed by atoms with Crippen LogP contribution in [0.5, 0.6) is 0 Å². The van der Waals surface area contributed by atoms with Crippen LogP contribution in [0.3, 0.4) is 0 Å². The third-order valence-electron chi connectivity index (χ3n) is 5.30. The molecular weight excluding hydrogens is 468 g/mol. The zero-order valence-electron chi connectivity index (χ0n) is 22.5. The van der Waals surface area contributed by atoms with Gasteiger partial charge in [-0.05, 0) is 61.0 Å². The fraction of sp³-hybridized carbons (Fsp3) is 0.560. The third-order valence-corrected chi connectivity index (χ3v) is 5.30. The van der Waals surface area contributed by atoms with Crippen molar-refractivity contribution in [3.8, 4) is 0 Å². The number of carbonyl (C=O) groups excluding carboxylic acids is 5. The van der Waals surface area contributed by atoms with Crippen LogP contribution in [0.2, 0.25) is 0 Å². The van der Waals surface area contributed by atoms with Crippen molar-refractivity contribution in [2.45, 2.75) is 84.2 Å². The first-order valence-corrected chi connectivity index (χ1v) is 11.4. The highest BCUT2D eigenvalue weighted by atomic mass is 16.5. The Morgan fingerprint density at radius 1 is 0.639 bits per heavy atom. The lowest BCUT2D eigenvalue weighted by atomic mass is 9.95. The molecule has 0 saturated carbocycles. The number of carbonyl (C=O) groups is 5. The number of methoxy groups -OCH3 is 1. The predicted molar refractivity (Wildman–Crippen MR) is 133 cm³/mol. The molecule has 0 aliphatic heterocycles. The highest BCUT2D eigenvalue weighted by Crippen LogP contribution is 2.14. The quantitative estimate of drug-likeness (QED) is 0.351. The number of amides is 4. The van der Waals surface area contributed by atoms with Crippen molar-refractivity contribution in [1.82, 2.24) is 21.3 Å². The standard InChI is InChI=1S/C25H38N4O7/c1-22(2,17(30)26-23(3,4)18(31)28-25(7,8)20(33)35-9)27-19(32)24(5,6)29-21(34)36-15-16-13-11-10-12-14-16/h10-14H,15H2,1-9H3,(H,26,30)(H,27,32)(H,28,31)(H,29,34). The largest absolute Gasteiger partial charge is 0.467 e. The Bertz CT molecular complexity index is 985. The van der Waals surface area contributed by atoms with Gasteiger partial charge in [0.25, 0.3) is 0 Å². The van der Waals surface area contributed by atoms with Crippen LogP contribution >= 0.6 is 0 Å². The van der Waals surface area contributed by atoms with E-state index in [9.17, 15) is 24.0 Å². The number of esters is 1. The molecule has 0 fully saturated rings. The summed E-state index contributed by atoms with van der Waals surface area (Å²) < 4.78 is 9.84. The monoisotopic (exact) mass is 506 g/mol. The van der Waals surface area contributed by atoms with Crippen LogP contribution in [0.25, 0.3) is 0 Å². The number of nitrogens with one attached hydrogen (secondary N) is 4. The SMILES string of the molecule is COC(=O)C(C)(C)NC(=O)C(C)(C)NC(=O)C(C)(C)NC(=O)C(C)(C)NC(=O)OCc1ccccc1. The van der Waals surface area contributed by atoms with Gasteiger partial charge in [0.1, 0.15) is 28.8 Å². The molecule has 1 aromatic carbocycles. The van der Waals surface area contributed by atoms with E-state index in [-0.39, 0.29) is 6.61 Å². The van der Waals surface area contributed by atoms with Crippen LogP contribution < -0.4 is 21.3 Å². The van der Waals surface area contributed by atoms with E-state index in [1.54, 1.807) is 12.1 Å². The van der Waals surface area contributed by atoms with E-state index >= 15 is 0 Å². The summed E-state index contributed by atoms with van der Waals surface area (Å²) in [5.74, 6) is -2.58. The van der Waals surface area contributed by atoms with Gasteiger partial charge in [0, 0.05) is 0 Å². The fourth-order valence-corrected chi connectivity index (χ4v) is 2.81. The summed E-state index contributed by atoms with van der Waals surface area (Å²) in [4.78, 5) is 62.7. The summed E-state index contributed by atoms with van der Waals surface area (Å²) in [6.45, 7) is 11.7. The molecule has 4 amide bonds. The van der Waals surface area contributed by atoms with Gasteiger partial charge in [0.2, 0.25) is 17.7 Å². The van der Waals surface area contributed by atoms with Crippen LogP contribution in [0, 0.1) is 0 Å². The van der Waals surface area contributed by atoms with Gasteiger partial charge < -0.3 is 30.7 Å². The maximum absolute atomic E-state index is 13.0. The van der Waals surface area contributed by atoms with Gasteiger partial charge in [-0.3, -0.25) is 14.4 Å². The molecule has 0 atom stereocenters. The Morgan fingerprint density at radius 2 is 1.03 bits per heavy atom. The topological polar surface area (TPSA) is 152 Å². The number of hydrogen-bond donors (Lipinski definition) is 4. The van der Waals surface area contributed by atoms with Crippen molar-refractivity contribution in [3.05, 3.63) is 35.9 Å². The Balaban J connectivity index is 2.77. The lowest BCUT2D eigenvalue weighted by Gasteiger charge is -2.35. The predicted octanol–water partition coefficient (Wildman–Crippen LogP) is 1.55. The number of benzene rings is 1. The van der Waals surface area contributed by atoms with E-state index in [1.165, 1.54) is 62.5 Å². The van der Waals surface area contributed by atoms with Crippen LogP contribution in [-0.4, -0.2) is 59.0 Å². The molecule has 0 unspecified atom stereocenters. The summed E-state index contributed by atoms with van der Waals surface area (Å²) >= 11 is 0. The summed E-state index contributed by atoms with van der Waals surface area (Å²) in [5.41, 5.74) is -4.83. The smallest absolute Gasteiger partial charge is 0.408 e. The Kier molecular flexibility index (Phi) is 9.63. The molecule has 0 heterocycles. The third kappa shape index (κ3) is 8.54. The van der Waals surface area contributed by atoms with Crippen molar-refractivity contribution >= 4 is 29.8 Å². The van der Waals surface area contributed by atoms with E-state index in [0.29, 0.717) is 0 Å². The van der Waals surface area contributed by atoms with E-state index in [0.717, 1.165) is 5.56 Å². The maximum atomic E-state index is 13.0. The minimum Gasteiger partial charge on any atom is -0.467 e. The van der Waals surface area contributed by atoms with Crippen molar-refractivity contribution in [2.75, 3.05) is 7.11 Å². The molecule has 1 aromatic rings. The van der Waals surface area contributed by atoms with Crippen molar-refractivity contribution in [1.29, 1.82) is 0 Å². The zero-order valence-corrected chi connectivity index (χ0v) is 22.5. The van der Waals surface area contributed by atoms with Crippen LogP contribution in [0.4, 0.5) is 4.79 Å². The first-order valence-electron chi connectivity index (χ1n) is 11.4. The molecule has 0 aliphatic rings. The molecule has 0 aliphatic carbocycles. The molecule has 0 bridgehead atoms. The number of alkyl carbamates (subject to hydrolysis) is 1.